The van der Waals surface area contributed by atoms with Crippen LogP contribution < -0.4 is 15.8 Å². The molecule has 0 bridgehead atoms. The number of carbonyl (C=O) groups excluding carboxylic acids is 1. The lowest BCUT2D eigenvalue weighted by atomic mass is 10.1. The van der Waals surface area contributed by atoms with Gasteiger partial charge in [0.25, 0.3) is 5.56 Å². The predicted molar refractivity (Wildman–Crippen MR) is 87.2 cm³/mol. The van der Waals surface area contributed by atoms with Crippen molar-refractivity contribution in [1.82, 2.24) is 9.55 Å². The maximum Gasteiger partial charge on any atom is 0.293 e. The standard InChI is InChI=1S/C16H20N4O2/c1-19(2)13-6-4-5-12(11-13)7-8-14(21)18-15-16(22)20(3)10-9-17-15/h4-6,9-11H,7-8H2,1-3H3,(H,17,18,21). The van der Waals surface area contributed by atoms with Gasteiger partial charge in [0.15, 0.2) is 5.82 Å². The highest BCUT2D eigenvalue weighted by atomic mass is 16.2. The summed E-state index contributed by atoms with van der Waals surface area (Å²) in [5.41, 5.74) is 1.86. The number of carbonyl (C=O) groups is 1. The van der Waals surface area contributed by atoms with Crippen molar-refractivity contribution in [3.8, 4) is 0 Å². The third kappa shape index (κ3) is 3.94. The highest BCUT2D eigenvalue weighted by Gasteiger charge is 2.08. The fraction of sp³-hybridized carbons (Fsp3) is 0.312. The quantitative estimate of drug-likeness (QED) is 0.907. The Bertz CT molecular complexity index is 722. The summed E-state index contributed by atoms with van der Waals surface area (Å²) < 4.78 is 1.38. The first-order valence-corrected chi connectivity index (χ1v) is 7.05. The largest absolute Gasteiger partial charge is 0.378 e. The predicted octanol–water partition coefficient (Wildman–Crippen LogP) is 1.42. The van der Waals surface area contributed by atoms with E-state index in [1.54, 1.807) is 13.2 Å². The summed E-state index contributed by atoms with van der Waals surface area (Å²) in [5, 5.41) is 2.56. The Hall–Kier alpha value is -2.63. The molecule has 1 amide bonds. The lowest BCUT2D eigenvalue weighted by molar-refractivity contribution is -0.116. The minimum absolute atomic E-state index is 0.0667. The number of aryl methyl sites for hydroxylation is 2. The molecule has 0 saturated heterocycles. The molecule has 0 spiro atoms. The van der Waals surface area contributed by atoms with Crippen LogP contribution in [0.5, 0.6) is 0 Å². The summed E-state index contributed by atoms with van der Waals surface area (Å²) >= 11 is 0. The minimum Gasteiger partial charge on any atom is -0.378 e. The molecule has 2 aromatic rings. The summed E-state index contributed by atoms with van der Waals surface area (Å²) in [7, 11) is 5.57. The average molecular weight is 300 g/mol. The molecule has 6 nitrogen and oxygen atoms in total. The number of hydrogen-bond donors (Lipinski definition) is 1. The van der Waals surface area contributed by atoms with Crippen LogP contribution in [0.15, 0.2) is 41.5 Å². The maximum absolute atomic E-state index is 12.0. The van der Waals surface area contributed by atoms with E-state index in [4.69, 9.17) is 0 Å². The van der Waals surface area contributed by atoms with E-state index in [9.17, 15) is 9.59 Å². The molecule has 0 atom stereocenters. The van der Waals surface area contributed by atoms with Gasteiger partial charge in [-0.05, 0) is 24.1 Å². The van der Waals surface area contributed by atoms with Crippen molar-refractivity contribution >= 4 is 17.4 Å². The number of amides is 1. The molecule has 0 aliphatic heterocycles. The molecule has 0 radical (unpaired) electrons. The number of nitrogens with zero attached hydrogens (tertiary/aromatic N) is 3. The lowest BCUT2D eigenvalue weighted by Crippen LogP contribution is -2.25. The van der Waals surface area contributed by atoms with Gasteiger partial charge < -0.3 is 14.8 Å². The monoisotopic (exact) mass is 300 g/mol. The van der Waals surface area contributed by atoms with Crippen molar-refractivity contribution in [3.05, 3.63) is 52.6 Å². The van der Waals surface area contributed by atoms with E-state index >= 15 is 0 Å². The smallest absolute Gasteiger partial charge is 0.293 e. The zero-order valence-electron chi connectivity index (χ0n) is 13.0. The van der Waals surface area contributed by atoms with Gasteiger partial charge in [0, 0.05) is 45.6 Å². The van der Waals surface area contributed by atoms with E-state index in [1.165, 1.54) is 10.8 Å². The fourth-order valence-electron chi connectivity index (χ4n) is 2.03. The van der Waals surface area contributed by atoms with Crippen molar-refractivity contribution in [2.24, 2.45) is 7.05 Å². The highest BCUT2D eigenvalue weighted by molar-refractivity contribution is 5.89. The lowest BCUT2D eigenvalue weighted by Gasteiger charge is -2.13. The van der Waals surface area contributed by atoms with Crippen molar-refractivity contribution in [3.63, 3.8) is 0 Å². The van der Waals surface area contributed by atoms with Gasteiger partial charge in [0.1, 0.15) is 0 Å². The average Bonchev–Trinajstić information content (AvgIpc) is 2.50. The molecule has 1 aromatic carbocycles. The first-order valence-electron chi connectivity index (χ1n) is 7.05. The number of benzene rings is 1. The second-order valence-corrected chi connectivity index (χ2v) is 5.30. The summed E-state index contributed by atoms with van der Waals surface area (Å²) in [6.07, 6.45) is 3.94. The fourth-order valence-corrected chi connectivity index (χ4v) is 2.03. The molecule has 0 aliphatic rings. The molecule has 0 fully saturated rings. The van der Waals surface area contributed by atoms with Crippen LogP contribution in [-0.2, 0) is 18.3 Å². The normalized spacial score (nSPS) is 10.3. The Morgan fingerprint density at radius 2 is 2.14 bits per heavy atom. The maximum atomic E-state index is 12.0. The van der Waals surface area contributed by atoms with E-state index in [0.717, 1.165) is 11.3 Å². The summed E-state index contributed by atoms with van der Waals surface area (Å²) in [6, 6.07) is 8.02. The van der Waals surface area contributed by atoms with Crippen LogP contribution in [0.1, 0.15) is 12.0 Å². The molecule has 6 heteroatoms. The Kier molecular flexibility index (Phi) is 4.93. The van der Waals surface area contributed by atoms with Gasteiger partial charge in [-0.15, -0.1) is 0 Å². The zero-order valence-corrected chi connectivity index (χ0v) is 13.0. The van der Waals surface area contributed by atoms with E-state index in [-0.39, 0.29) is 17.3 Å². The molecular formula is C16H20N4O2. The number of hydrogen-bond acceptors (Lipinski definition) is 4. The molecule has 22 heavy (non-hydrogen) atoms. The third-order valence-electron chi connectivity index (χ3n) is 3.34. The van der Waals surface area contributed by atoms with Crippen LogP contribution in [0.25, 0.3) is 0 Å². The Morgan fingerprint density at radius 3 is 2.86 bits per heavy atom. The summed E-state index contributed by atoms with van der Waals surface area (Å²) in [5.74, 6) is -0.150. The van der Waals surface area contributed by atoms with E-state index in [0.29, 0.717) is 12.8 Å². The Balaban J connectivity index is 1.97. The molecule has 0 aliphatic carbocycles. The van der Waals surface area contributed by atoms with Crippen LogP contribution in [0.2, 0.25) is 0 Å². The molecule has 1 aromatic heterocycles. The van der Waals surface area contributed by atoms with Gasteiger partial charge in [-0.3, -0.25) is 9.59 Å². The Morgan fingerprint density at radius 1 is 1.36 bits per heavy atom. The molecule has 116 valence electrons. The van der Waals surface area contributed by atoms with Crippen LogP contribution in [0.3, 0.4) is 0 Å². The van der Waals surface area contributed by atoms with Crippen molar-refractivity contribution in [2.75, 3.05) is 24.3 Å². The number of rotatable bonds is 5. The number of nitrogens with one attached hydrogen (secondary N) is 1. The first-order chi connectivity index (χ1) is 10.5. The first kappa shape index (κ1) is 15.8. The number of aromatic nitrogens is 2. The topological polar surface area (TPSA) is 67.2 Å². The van der Waals surface area contributed by atoms with Crippen molar-refractivity contribution in [2.45, 2.75) is 12.8 Å². The van der Waals surface area contributed by atoms with Gasteiger partial charge in [0.05, 0.1) is 0 Å². The second-order valence-electron chi connectivity index (χ2n) is 5.30. The molecule has 1 heterocycles. The van der Waals surface area contributed by atoms with Gasteiger partial charge in [0.2, 0.25) is 5.91 Å². The van der Waals surface area contributed by atoms with Gasteiger partial charge in [-0.2, -0.15) is 0 Å². The highest BCUT2D eigenvalue weighted by Crippen LogP contribution is 2.14. The van der Waals surface area contributed by atoms with E-state index < -0.39 is 0 Å². The van der Waals surface area contributed by atoms with Crippen molar-refractivity contribution < 1.29 is 4.79 Å². The number of anilines is 2. The van der Waals surface area contributed by atoms with Crippen LogP contribution in [0.4, 0.5) is 11.5 Å². The molecule has 0 unspecified atom stereocenters. The molecule has 1 N–H and O–H groups in total. The van der Waals surface area contributed by atoms with Crippen LogP contribution in [-0.4, -0.2) is 29.6 Å². The minimum atomic E-state index is -0.314. The van der Waals surface area contributed by atoms with Crippen molar-refractivity contribution in [1.29, 1.82) is 0 Å². The van der Waals surface area contributed by atoms with E-state index in [2.05, 4.69) is 10.3 Å². The summed E-state index contributed by atoms with van der Waals surface area (Å²) in [4.78, 5) is 29.7. The molecular weight excluding hydrogens is 280 g/mol. The SMILES string of the molecule is CN(C)c1cccc(CCC(=O)Nc2nccn(C)c2=O)c1. The Labute approximate surface area is 129 Å². The van der Waals surface area contributed by atoms with Crippen LogP contribution >= 0.6 is 0 Å². The van der Waals surface area contributed by atoms with E-state index in [1.807, 2.05) is 43.3 Å². The summed E-state index contributed by atoms with van der Waals surface area (Å²) in [6.45, 7) is 0. The molecule has 0 saturated carbocycles. The van der Waals surface area contributed by atoms with Gasteiger partial charge in [-0.1, -0.05) is 12.1 Å². The van der Waals surface area contributed by atoms with Gasteiger partial charge >= 0.3 is 0 Å². The third-order valence-corrected chi connectivity index (χ3v) is 3.34. The van der Waals surface area contributed by atoms with Crippen LogP contribution in [0, 0.1) is 0 Å². The second kappa shape index (κ2) is 6.89. The zero-order chi connectivity index (χ0) is 16.1. The van der Waals surface area contributed by atoms with Gasteiger partial charge in [-0.25, -0.2) is 4.98 Å². The molecule has 2 rings (SSSR count).